The van der Waals surface area contributed by atoms with E-state index < -0.39 is 9.84 Å². The molecule has 1 aromatic heterocycles. The fourth-order valence-corrected chi connectivity index (χ4v) is 5.26. The second kappa shape index (κ2) is 5.38. The molecule has 2 unspecified atom stereocenters. The molecule has 0 aliphatic carbocycles. The van der Waals surface area contributed by atoms with Gasteiger partial charge in [0.05, 0.1) is 11.5 Å². The number of thiophene rings is 1. The Balaban J connectivity index is 1.97. The SMILES string of the molecule is CC(NC1CCCS(=O)(=O)C1)c1cc(Br)cs1. The fraction of sp³-hybridized carbons (Fsp3) is 0.636. The van der Waals surface area contributed by atoms with Crippen molar-refractivity contribution in [1.82, 2.24) is 5.32 Å². The Hall–Kier alpha value is 0.0900. The average molecular weight is 338 g/mol. The summed E-state index contributed by atoms with van der Waals surface area (Å²) in [7, 11) is -2.82. The van der Waals surface area contributed by atoms with Crippen molar-refractivity contribution in [3.63, 3.8) is 0 Å². The average Bonchev–Trinajstić information content (AvgIpc) is 2.63. The normalized spacial score (nSPS) is 25.6. The Morgan fingerprint density at radius 1 is 1.59 bits per heavy atom. The Morgan fingerprint density at radius 3 is 2.94 bits per heavy atom. The molecule has 0 spiro atoms. The van der Waals surface area contributed by atoms with Crippen molar-refractivity contribution >= 4 is 37.1 Å². The van der Waals surface area contributed by atoms with Gasteiger partial charge in [0.15, 0.2) is 9.84 Å². The molecule has 2 atom stereocenters. The topological polar surface area (TPSA) is 46.2 Å². The highest BCUT2D eigenvalue weighted by atomic mass is 79.9. The van der Waals surface area contributed by atoms with Crippen LogP contribution in [0.2, 0.25) is 0 Å². The molecule has 1 aromatic rings. The van der Waals surface area contributed by atoms with Gasteiger partial charge in [-0.2, -0.15) is 0 Å². The van der Waals surface area contributed by atoms with E-state index in [0.717, 1.165) is 17.3 Å². The summed E-state index contributed by atoms with van der Waals surface area (Å²) in [5, 5.41) is 5.46. The van der Waals surface area contributed by atoms with E-state index >= 15 is 0 Å². The van der Waals surface area contributed by atoms with Crippen LogP contribution in [-0.4, -0.2) is 26.0 Å². The van der Waals surface area contributed by atoms with Crippen molar-refractivity contribution in [2.24, 2.45) is 0 Å². The maximum atomic E-state index is 11.5. The maximum Gasteiger partial charge on any atom is 0.151 e. The van der Waals surface area contributed by atoms with Crippen LogP contribution < -0.4 is 5.32 Å². The van der Waals surface area contributed by atoms with Crippen LogP contribution in [0.4, 0.5) is 0 Å². The minimum atomic E-state index is -2.82. The lowest BCUT2D eigenvalue weighted by atomic mass is 10.1. The molecule has 1 saturated heterocycles. The predicted molar refractivity (Wildman–Crippen MR) is 75.2 cm³/mol. The molecule has 17 heavy (non-hydrogen) atoms. The number of hydrogen-bond donors (Lipinski definition) is 1. The minimum Gasteiger partial charge on any atom is -0.306 e. The molecule has 0 amide bonds. The standard InChI is InChI=1S/C11H16BrNO2S2/c1-8(11-5-9(12)6-16-11)13-10-3-2-4-17(14,15)7-10/h5-6,8,10,13H,2-4,7H2,1H3. The van der Waals surface area contributed by atoms with Crippen molar-refractivity contribution in [3.05, 3.63) is 20.8 Å². The minimum absolute atomic E-state index is 0.102. The summed E-state index contributed by atoms with van der Waals surface area (Å²) in [5.74, 6) is 0.633. The van der Waals surface area contributed by atoms with Crippen molar-refractivity contribution < 1.29 is 8.42 Å². The summed E-state index contributed by atoms with van der Waals surface area (Å²) in [5.41, 5.74) is 0. The monoisotopic (exact) mass is 337 g/mol. The fourth-order valence-electron chi connectivity index (χ4n) is 2.15. The number of sulfone groups is 1. The second-order valence-corrected chi connectivity index (χ2v) is 8.60. The van der Waals surface area contributed by atoms with Gasteiger partial charge in [-0.25, -0.2) is 8.42 Å². The number of rotatable bonds is 3. The van der Waals surface area contributed by atoms with Crippen LogP contribution in [0.15, 0.2) is 15.9 Å². The highest BCUT2D eigenvalue weighted by Gasteiger charge is 2.25. The van der Waals surface area contributed by atoms with Gasteiger partial charge in [0.2, 0.25) is 0 Å². The van der Waals surface area contributed by atoms with Gasteiger partial charge in [0.1, 0.15) is 0 Å². The van der Waals surface area contributed by atoms with Gasteiger partial charge in [0.25, 0.3) is 0 Å². The third kappa shape index (κ3) is 3.77. The molecule has 96 valence electrons. The first-order valence-electron chi connectivity index (χ1n) is 5.67. The molecule has 3 nitrogen and oxygen atoms in total. The summed E-state index contributed by atoms with van der Waals surface area (Å²) in [6.07, 6.45) is 1.73. The first-order chi connectivity index (χ1) is 7.96. The number of hydrogen-bond acceptors (Lipinski definition) is 4. The van der Waals surface area contributed by atoms with E-state index in [1.807, 2.05) is 5.38 Å². The largest absolute Gasteiger partial charge is 0.306 e. The van der Waals surface area contributed by atoms with Crippen LogP contribution in [0.25, 0.3) is 0 Å². The van der Waals surface area contributed by atoms with Crippen molar-refractivity contribution in [3.8, 4) is 0 Å². The summed E-state index contributed by atoms with van der Waals surface area (Å²) < 4.78 is 24.2. The highest BCUT2D eigenvalue weighted by Crippen LogP contribution is 2.26. The van der Waals surface area contributed by atoms with Gasteiger partial charge in [-0.15, -0.1) is 11.3 Å². The van der Waals surface area contributed by atoms with E-state index in [0.29, 0.717) is 5.75 Å². The van der Waals surface area contributed by atoms with Crippen molar-refractivity contribution in [2.75, 3.05) is 11.5 Å². The zero-order valence-corrected chi connectivity index (χ0v) is 12.9. The van der Waals surface area contributed by atoms with Crippen molar-refractivity contribution in [2.45, 2.75) is 31.8 Å². The Bertz CT molecular complexity index is 483. The van der Waals surface area contributed by atoms with Crippen LogP contribution >= 0.6 is 27.3 Å². The molecule has 1 aliphatic heterocycles. The second-order valence-electron chi connectivity index (χ2n) is 4.51. The van der Waals surface area contributed by atoms with Gasteiger partial charge in [-0.3, -0.25) is 0 Å². The quantitative estimate of drug-likeness (QED) is 0.922. The van der Waals surface area contributed by atoms with Gasteiger partial charge in [-0.05, 0) is 41.8 Å². The first kappa shape index (κ1) is 13.5. The summed E-state index contributed by atoms with van der Waals surface area (Å²) in [6.45, 7) is 2.08. The zero-order chi connectivity index (χ0) is 12.5. The summed E-state index contributed by atoms with van der Waals surface area (Å²) in [4.78, 5) is 1.24. The lowest BCUT2D eigenvalue weighted by molar-refractivity contribution is 0.440. The van der Waals surface area contributed by atoms with E-state index in [2.05, 4.69) is 34.2 Å². The molecule has 2 heterocycles. The third-order valence-corrected chi connectivity index (χ3v) is 6.66. The van der Waals surface area contributed by atoms with Crippen LogP contribution in [-0.2, 0) is 9.84 Å². The molecule has 1 N–H and O–H groups in total. The van der Waals surface area contributed by atoms with Crippen LogP contribution in [0.3, 0.4) is 0 Å². The van der Waals surface area contributed by atoms with Crippen LogP contribution in [0.5, 0.6) is 0 Å². The van der Waals surface area contributed by atoms with Crippen molar-refractivity contribution in [1.29, 1.82) is 0 Å². The zero-order valence-electron chi connectivity index (χ0n) is 9.65. The third-order valence-electron chi connectivity index (χ3n) is 2.96. The van der Waals surface area contributed by atoms with E-state index in [9.17, 15) is 8.42 Å². The van der Waals surface area contributed by atoms with E-state index in [1.54, 1.807) is 11.3 Å². The van der Waals surface area contributed by atoms with E-state index in [1.165, 1.54) is 4.88 Å². The highest BCUT2D eigenvalue weighted by molar-refractivity contribution is 9.10. The molecular formula is C11H16BrNO2S2. The Morgan fingerprint density at radius 2 is 2.35 bits per heavy atom. The predicted octanol–water partition coefficient (Wildman–Crippen LogP) is 2.74. The number of nitrogens with one attached hydrogen (secondary N) is 1. The van der Waals surface area contributed by atoms with Gasteiger partial charge in [0, 0.05) is 26.8 Å². The maximum absolute atomic E-state index is 11.5. The molecule has 2 rings (SSSR count). The van der Waals surface area contributed by atoms with Gasteiger partial charge < -0.3 is 5.32 Å². The molecule has 0 bridgehead atoms. The lowest BCUT2D eigenvalue weighted by Gasteiger charge is -2.26. The smallest absolute Gasteiger partial charge is 0.151 e. The van der Waals surface area contributed by atoms with Gasteiger partial charge >= 0.3 is 0 Å². The summed E-state index contributed by atoms with van der Waals surface area (Å²) >= 11 is 5.12. The number of halogens is 1. The van der Waals surface area contributed by atoms with Crippen LogP contribution in [0, 0.1) is 0 Å². The molecule has 0 saturated carbocycles. The molecule has 1 aliphatic rings. The summed E-state index contributed by atoms with van der Waals surface area (Å²) in [6, 6.07) is 2.40. The Kier molecular flexibility index (Phi) is 4.28. The molecule has 1 fully saturated rings. The van der Waals surface area contributed by atoms with E-state index in [4.69, 9.17) is 0 Å². The molecule has 6 heteroatoms. The molecular weight excluding hydrogens is 322 g/mol. The first-order valence-corrected chi connectivity index (χ1v) is 9.16. The molecule has 0 aromatic carbocycles. The Labute approximate surface area is 115 Å². The van der Waals surface area contributed by atoms with E-state index in [-0.39, 0.29) is 17.8 Å². The molecule has 0 radical (unpaired) electrons. The lowest BCUT2D eigenvalue weighted by Crippen LogP contribution is -2.41. The van der Waals surface area contributed by atoms with Crippen LogP contribution in [0.1, 0.15) is 30.7 Å². The van der Waals surface area contributed by atoms with Gasteiger partial charge in [-0.1, -0.05) is 0 Å².